The Hall–Kier alpha value is -4.68. The molecule has 0 spiro atoms. The molecule has 7 aromatic rings. The minimum Gasteiger partial charge on any atom is -0.309 e. The molecule has 0 unspecified atom stereocenters. The largest absolute Gasteiger partial charge is 2.00 e. The van der Waals surface area contributed by atoms with E-state index in [1.54, 1.807) is 0 Å². The van der Waals surface area contributed by atoms with E-state index in [2.05, 4.69) is 93.6 Å². The molecule has 0 amide bonds. The number of hydrogen-bond acceptors (Lipinski definition) is 3. The van der Waals surface area contributed by atoms with Crippen LogP contribution in [0.15, 0.2) is 158 Å². The van der Waals surface area contributed by atoms with E-state index in [1.165, 1.54) is 5.56 Å². The average Bonchev–Trinajstić information content (AvgIpc) is 3.16. The predicted molar refractivity (Wildman–Crippen MR) is 201 cm³/mol. The third kappa shape index (κ3) is 5.45. The van der Waals surface area contributed by atoms with Gasteiger partial charge >= 0.3 is 21.1 Å². The standard InChI is InChI=1S/C45H35N2OP.Pt/c1-44(2,3)34-28-30-35(31-29-34)49(48)40-24-12-10-20-36(40)45(37-21-11-13-25-41(37)49,42-26-14-22-38(46-42)32-16-6-4-7-17-32)43-27-15-23-39(47-43)33-18-8-5-9-19-33;/h4-16,18,20-31H,1-3H3;/q-2;+2. The fraction of sp³-hybridized carbons (Fsp3) is 0.111. The summed E-state index contributed by atoms with van der Waals surface area (Å²) in [6, 6.07) is 59.6. The molecule has 0 aliphatic carbocycles. The molecule has 3 nitrogen and oxygen atoms in total. The van der Waals surface area contributed by atoms with Gasteiger partial charge in [-0.3, -0.25) is 9.97 Å². The smallest absolute Gasteiger partial charge is 0.309 e. The molecule has 0 bridgehead atoms. The molecule has 5 heteroatoms. The summed E-state index contributed by atoms with van der Waals surface area (Å²) in [5.41, 5.74) is 7.07. The van der Waals surface area contributed by atoms with Gasteiger partial charge in [-0.1, -0.05) is 118 Å². The molecule has 2 aromatic heterocycles. The van der Waals surface area contributed by atoms with Crippen LogP contribution in [0.25, 0.3) is 22.5 Å². The van der Waals surface area contributed by atoms with E-state index >= 15 is 4.57 Å². The molecule has 0 saturated carbocycles. The van der Waals surface area contributed by atoms with Crippen LogP contribution in [0.2, 0.25) is 0 Å². The zero-order valence-electron chi connectivity index (χ0n) is 28.1. The zero-order valence-corrected chi connectivity index (χ0v) is 31.2. The van der Waals surface area contributed by atoms with Crippen LogP contribution in [0.3, 0.4) is 0 Å². The van der Waals surface area contributed by atoms with Crippen molar-refractivity contribution in [2.24, 2.45) is 0 Å². The van der Waals surface area contributed by atoms with Crippen LogP contribution in [0.4, 0.5) is 0 Å². The van der Waals surface area contributed by atoms with Crippen LogP contribution in [0.5, 0.6) is 0 Å². The first-order chi connectivity index (χ1) is 23.8. The van der Waals surface area contributed by atoms with Gasteiger partial charge in [-0.15, -0.1) is 71.8 Å². The maximum atomic E-state index is 16.1. The second-order valence-electron chi connectivity index (χ2n) is 13.6. The van der Waals surface area contributed by atoms with E-state index in [-0.39, 0.29) is 26.5 Å². The van der Waals surface area contributed by atoms with Gasteiger partial charge in [-0.25, -0.2) is 0 Å². The number of fused-ring (bicyclic) bond motifs is 2. The number of aromatic nitrogens is 2. The summed E-state index contributed by atoms with van der Waals surface area (Å²) >= 11 is 0. The fourth-order valence-electron chi connectivity index (χ4n) is 7.23. The summed E-state index contributed by atoms with van der Waals surface area (Å²) in [6.07, 6.45) is 0. The van der Waals surface area contributed by atoms with E-state index in [1.807, 2.05) is 97.1 Å². The molecule has 0 fully saturated rings. The topological polar surface area (TPSA) is 42.9 Å². The monoisotopic (exact) mass is 845 g/mol. The Bertz CT molecular complexity index is 2210. The van der Waals surface area contributed by atoms with Crippen molar-refractivity contribution in [1.82, 2.24) is 9.97 Å². The molecule has 50 heavy (non-hydrogen) atoms. The van der Waals surface area contributed by atoms with Crippen molar-refractivity contribution >= 4 is 23.1 Å². The van der Waals surface area contributed by atoms with Gasteiger partial charge in [0.2, 0.25) is 0 Å². The van der Waals surface area contributed by atoms with Gasteiger partial charge in [-0.2, -0.15) is 0 Å². The fourth-order valence-corrected chi connectivity index (χ4v) is 10.4. The van der Waals surface area contributed by atoms with Crippen molar-refractivity contribution < 1.29 is 25.6 Å². The molecule has 0 atom stereocenters. The molecule has 0 N–H and O–H groups in total. The predicted octanol–water partition coefficient (Wildman–Crippen LogP) is 9.04. The van der Waals surface area contributed by atoms with E-state index in [0.717, 1.165) is 60.9 Å². The molecule has 5 aromatic carbocycles. The van der Waals surface area contributed by atoms with Crippen molar-refractivity contribution in [2.75, 3.05) is 0 Å². The first kappa shape index (κ1) is 33.8. The van der Waals surface area contributed by atoms with Crippen LogP contribution in [-0.2, 0) is 36.5 Å². The molecule has 0 saturated heterocycles. The summed E-state index contributed by atoms with van der Waals surface area (Å²) in [6.45, 7) is 6.60. The van der Waals surface area contributed by atoms with Crippen LogP contribution >= 0.6 is 7.14 Å². The molecule has 0 radical (unpaired) electrons. The number of nitrogens with zero attached hydrogens (tertiary/aromatic N) is 2. The Labute approximate surface area is 309 Å². The third-order valence-corrected chi connectivity index (χ3v) is 12.8. The van der Waals surface area contributed by atoms with Gasteiger partial charge in [-0.05, 0) is 45.6 Å². The van der Waals surface area contributed by atoms with Crippen molar-refractivity contribution in [3.63, 3.8) is 0 Å². The molecule has 1 aliphatic rings. The van der Waals surface area contributed by atoms with Crippen molar-refractivity contribution in [3.05, 3.63) is 198 Å². The van der Waals surface area contributed by atoms with Gasteiger partial charge in [0.15, 0.2) is 7.14 Å². The Balaban J connectivity index is 0.00000392. The van der Waals surface area contributed by atoms with Crippen molar-refractivity contribution in [2.45, 2.75) is 31.6 Å². The van der Waals surface area contributed by atoms with Gasteiger partial charge in [0.25, 0.3) is 0 Å². The third-order valence-electron chi connectivity index (χ3n) is 9.63. The van der Waals surface area contributed by atoms with Crippen LogP contribution in [0.1, 0.15) is 48.8 Å². The molecule has 3 heterocycles. The summed E-state index contributed by atoms with van der Waals surface area (Å²) < 4.78 is 16.1. The minimum atomic E-state index is -3.35. The van der Waals surface area contributed by atoms with E-state index in [9.17, 15) is 0 Å². The minimum absolute atomic E-state index is 0. The Morgan fingerprint density at radius 3 is 1.44 bits per heavy atom. The second-order valence-corrected chi connectivity index (χ2v) is 16.3. The van der Waals surface area contributed by atoms with Crippen molar-refractivity contribution in [1.29, 1.82) is 0 Å². The Kier molecular flexibility index (Phi) is 8.94. The SMILES string of the molecule is CC(C)(C)c1ccc(P2(=O)c3ccccc3C(c3cccc(-c4[c-]cccc4)n3)(c3cccc(-c4[c-]cccc4)n3)c3ccccc32)cc1.[Pt+2]. The summed E-state index contributed by atoms with van der Waals surface area (Å²) in [4.78, 5) is 10.8. The van der Waals surface area contributed by atoms with Gasteiger partial charge in [0.1, 0.15) is 5.41 Å². The maximum Gasteiger partial charge on any atom is 2.00 e. The molecular weight excluding hydrogens is 811 g/mol. The number of rotatable bonds is 5. The zero-order chi connectivity index (χ0) is 33.6. The van der Waals surface area contributed by atoms with Gasteiger partial charge in [0, 0.05) is 15.9 Å². The first-order valence-electron chi connectivity index (χ1n) is 16.6. The number of pyridine rings is 2. The van der Waals surface area contributed by atoms with Gasteiger partial charge < -0.3 is 4.57 Å². The maximum absolute atomic E-state index is 16.1. The van der Waals surface area contributed by atoms with E-state index in [4.69, 9.17) is 9.97 Å². The quantitative estimate of drug-likeness (QED) is 0.128. The summed E-state index contributed by atoms with van der Waals surface area (Å²) in [7, 11) is -3.35. The van der Waals surface area contributed by atoms with Crippen molar-refractivity contribution in [3.8, 4) is 22.5 Å². The van der Waals surface area contributed by atoms with E-state index < -0.39 is 12.6 Å². The summed E-state index contributed by atoms with van der Waals surface area (Å²) in [5, 5.41) is 2.42. The molecular formula is C45H35N2OPPt. The Morgan fingerprint density at radius 2 is 1.00 bits per heavy atom. The molecule has 246 valence electrons. The number of hydrogen-bond donors (Lipinski definition) is 0. The Morgan fingerprint density at radius 1 is 0.540 bits per heavy atom. The first-order valence-corrected chi connectivity index (χ1v) is 18.3. The van der Waals surface area contributed by atoms with E-state index in [0.29, 0.717) is 0 Å². The molecule has 1 aliphatic heterocycles. The molecule has 8 rings (SSSR count). The van der Waals surface area contributed by atoms with Gasteiger partial charge in [0.05, 0.1) is 11.4 Å². The normalized spacial score (nSPS) is 14.1. The van der Waals surface area contributed by atoms with Crippen LogP contribution < -0.4 is 15.9 Å². The summed E-state index contributed by atoms with van der Waals surface area (Å²) in [5.74, 6) is 0. The van der Waals surface area contributed by atoms with Crippen LogP contribution in [-0.4, -0.2) is 9.97 Å². The van der Waals surface area contributed by atoms with Crippen LogP contribution in [0, 0.1) is 12.1 Å². The average molecular weight is 846 g/mol. The number of benzene rings is 5. The second kappa shape index (κ2) is 13.2.